The Morgan fingerprint density at radius 1 is 1.03 bits per heavy atom. The van der Waals surface area contributed by atoms with E-state index in [-0.39, 0.29) is 12.3 Å². The Labute approximate surface area is 179 Å². The van der Waals surface area contributed by atoms with E-state index in [1.807, 2.05) is 0 Å². The van der Waals surface area contributed by atoms with Crippen molar-refractivity contribution in [1.82, 2.24) is 4.57 Å². The minimum Gasteiger partial charge on any atom is -0.369 e. The van der Waals surface area contributed by atoms with E-state index in [1.54, 1.807) is 0 Å². The molecule has 156 valence electrons. The second-order valence-corrected chi connectivity index (χ2v) is 8.42. The zero-order valence-electron chi connectivity index (χ0n) is 18.5. The number of carbonyl (C=O) groups is 1. The summed E-state index contributed by atoms with van der Waals surface area (Å²) in [5.74, 6) is -0.302. The molecule has 2 N–H and O–H groups in total. The third-order valence-corrected chi connectivity index (χ3v) is 5.41. The summed E-state index contributed by atoms with van der Waals surface area (Å²) < 4.78 is 2.22. The van der Waals surface area contributed by atoms with Gasteiger partial charge in [-0.1, -0.05) is 59.2 Å². The van der Waals surface area contributed by atoms with Gasteiger partial charge in [0.2, 0.25) is 5.91 Å². The van der Waals surface area contributed by atoms with Crippen LogP contribution in [0.15, 0.2) is 72.0 Å². The first kappa shape index (κ1) is 21.6. The number of amides is 1. The molecule has 3 nitrogen and oxygen atoms in total. The summed E-state index contributed by atoms with van der Waals surface area (Å²) in [5.41, 5.74) is 14.0. The van der Waals surface area contributed by atoms with Crippen molar-refractivity contribution >= 4 is 16.8 Å². The SMILES string of the molecule is CC(C)=CCCC(C)=CCn1cc(CC(N)=O)c2cc(-c3cccc(C)c3)ccc21. The monoisotopic (exact) mass is 400 g/mol. The number of carbonyl (C=O) groups excluding carboxylic acids is 1. The molecule has 0 unspecified atom stereocenters. The molecule has 2 aromatic carbocycles. The highest BCUT2D eigenvalue weighted by Gasteiger charge is 2.12. The van der Waals surface area contributed by atoms with Crippen molar-refractivity contribution in [2.45, 2.75) is 53.5 Å². The number of allylic oxidation sites excluding steroid dienone is 4. The predicted molar refractivity (Wildman–Crippen MR) is 127 cm³/mol. The van der Waals surface area contributed by atoms with E-state index in [0.717, 1.165) is 41.4 Å². The first-order chi connectivity index (χ1) is 14.3. The number of fused-ring (bicyclic) bond motifs is 1. The summed E-state index contributed by atoms with van der Waals surface area (Å²) in [6.07, 6.45) is 9.03. The maximum absolute atomic E-state index is 11.7. The van der Waals surface area contributed by atoms with Crippen LogP contribution in [0.25, 0.3) is 22.0 Å². The summed E-state index contributed by atoms with van der Waals surface area (Å²) in [4.78, 5) is 11.7. The molecule has 1 heterocycles. The van der Waals surface area contributed by atoms with Crippen molar-refractivity contribution in [3.63, 3.8) is 0 Å². The molecule has 0 bridgehead atoms. The minimum absolute atomic E-state index is 0.254. The normalized spacial score (nSPS) is 11.7. The molecule has 30 heavy (non-hydrogen) atoms. The van der Waals surface area contributed by atoms with Crippen molar-refractivity contribution in [3.05, 3.63) is 83.1 Å². The van der Waals surface area contributed by atoms with Crippen molar-refractivity contribution in [2.24, 2.45) is 5.73 Å². The van der Waals surface area contributed by atoms with Gasteiger partial charge in [0, 0.05) is 23.6 Å². The van der Waals surface area contributed by atoms with Gasteiger partial charge in [-0.2, -0.15) is 0 Å². The molecule has 0 atom stereocenters. The van der Waals surface area contributed by atoms with Crippen LogP contribution in [-0.2, 0) is 17.8 Å². The highest BCUT2D eigenvalue weighted by atomic mass is 16.1. The van der Waals surface area contributed by atoms with Crippen LogP contribution in [0.5, 0.6) is 0 Å². The Balaban J connectivity index is 1.93. The lowest BCUT2D eigenvalue weighted by Crippen LogP contribution is -2.13. The lowest BCUT2D eigenvalue weighted by molar-refractivity contribution is -0.117. The molecule has 0 spiro atoms. The highest BCUT2D eigenvalue weighted by Crippen LogP contribution is 2.29. The van der Waals surface area contributed by atoms with Crippen LogP contribution in [0, 0.1) is 6.92 Å². The van der Waals surface area contributed by atoms with Crippen LogP contribution >= 0.6 is 0 Å². The van der Waals surface area contributed by atoms with Crippen molar-refractivity contribution in [1.29, 1.82) is 0 Å². The molecule has 0 aliphatic rings. The number of hydrogen-bond donors (Lipinski definition) is 1. The molecule has 3 rings (SSSR count). The predicted octanol–water partition coefficient (Wildman–Crippen LogP) is 6.34. The summed E-state index contributed by atoms with van der Waals surface area (Å²) in [6, 6.07) is 15.0. The first-order valence-electron chi connectivity index (χ1n) is 10.6. The molecule has 1 aromatic heterocycles. The minimum atomic E-state index is -0.302. The second kappa shape index (κ2) is 9.62. The number of benzene rings is 2. The van der Waals surface area contributed by atoms with Crippen molar-refractivity contribution in [2.75, 3.05) is 0 Å². The third-order valence-electron chi connectivity index (χ3n) is 5.41. The number of primary amides is 1. The molecule has 0 aliphatic carbocycles. The Morgan fingerprint density at radius 2 is 1.80 bits per heavy atom. The average molecular weight is 401 g/mol. The Morgan fingerprint density at radius 3 is 2.50 bits per heavy atom. The van der Waals surface area contributed by atoms with Crippen molar-refractivity contribution in [3.8, 4) is 11.1 Å². The van der Waals surface area contributed by atoms with E-state index < -0.39 is 0 Å². The van der Waals surface area contributed by atoms with E-state index in [1.165, 1.54) is 22.3 Å². The topological polar surface area (TPSA) is 48.0 Å². The van der Waals surface area contributed by atoms with Gasteiger partial charge in [0.15, 0.2) is 0 Å². The van der Waals surface area contributed by atoms with Crippen LogP contribution < -0.4 is 5.73 Å². The van der Waals surface area contributed by atoms with Gasteiger partial charge in [-0.3, -0.25) is 4.79 Å². The van der Waals surface area contributed by atoms with Gasteiger partial charge < -0.3 is 10.3 Å². The molecule has 0 saturated heterocycles. The van der Waals surface area contributed by atoms with E-state index in [4.69, 9.17) is 5.73 Å². The molecule has 1 amide bonds. The van der Waals surface area contributed by atoms with Gasteiger partial charge in [0.25, 0.3) is 0 Å². The summed E-state index contributed by atoms with van der Waals surface area (Å²) >= 11 is 0. The first-order valence-corrected chi connectivity index (χ1v) is 10.6. The quantitative estimate of drug-likeness (QED) is 0.441. The van der Waals surface area contributed by atoms with E-state index in [9.17, 15) is 4.79 Å². The highest BCUT2D eigenvalue weighted by molar-refractivity contribution is 5.92. The maximum atomic E-state index is 11.7. The van der Waals surface area contributed by atoms with E-state index in [0.29, 0.717) is 0 Å². The summed E-state index contributed by atoms with van der Waals surface area (Å²) in [7, 11) is 0. The Kier molecular flexibility index (Phi) is 6.94. The fraction of sp³-hybridized carbons (Fsp3) is 0.296. The van der Waals surface area contributed by atoms with Crippen molar-refractivity contribution < 1.29 is 4.79 Å². The average Bonchev–Trinajstić information content (AvgIpc) is 3.02. The number of nitrogens with zero attached hydrogens (tertiary/aromatic N) is 1. The standard InChI is InChI=1S/C27H32N2O/c1-19(2)7-5-8-20(3)13-14-29-18-24(17-27(28)30)25-16-23(11-12-26(25)29)22-10-6-9-21(4)15-22/h6-7,9-13,15-16,18H,5,8,14,17H2,1-4H3,(H2,28,30). The van der Waals surface area contributed by atoms with Crippen LogP contribution in [0.1, 0.15) is 44.7 Å². The van der Waals surface area contributed by atoms with Gasteiger partial charge >= 0.3 is 0 Å². The zero-order valence-corrected chi connectivity index (χ0v) is 18.5. The molecule has 3 aromatic rings. The molecular weight excluding hydrogens is 368 g/mol. The van der Waals surface area contributed by atoms with Crippen LogP contribution in [0.3, 0.4) is 0 Å². The maximum Gasteiger partial charge on any atom is 0.221 e. The van der Waals surface area contributed by atoms with E-state index in [2.05, 4.69) is 93.1 Å². The number of hydrogen-bond acceptors (Lipinski definition) is 1. The molecule has 3 heteroatoms. The molecular formula is C27H32N2O. The summed E-state index contributed by atoms with van der Waals surface area (Å²) in [6.45, 7) is 9.35. The van der Waals surface area contributed by atoms with Gasteiger partial charge in [0.05, 0.1) is 6.42 Å². The van der Waals surface area contributed by atoms with Crippen LogP contribution in [0.2, 0.25) is 0 Å². The lowest BCUT2D eigenvalue weighted by Gasteiger charge is -2.07. The van der Waals surface area contributed by atoms with Crippen LogP contribution in [-0.4, -0.2) is 10.5 Å². The molecule has 0 radical (unpaired) electrons. The molecule has 0 fully saturated rings. The Hall–Kier alpha value is -3.07. The third kappa shape index (κ3) is 5.50. The fourth-order valence-corrected chi connectivity index (χ4v) is 3.80. The number of aromatic nitrogens is 1. The second-order valence-electron chi connectivity index (χ2n) is 8.42. The van der Waals surface area contributed by atoms with Gasteiger partial charge in [-0.25, -0.2) is 0 Å². The van der Waals surface area contributed by atoms with E-state index >= 15 is 0 Å². The molecule has 0 saturated carbocycles. The van der Waals surface area contributed by atoms with Gasteiger partial charge in [0.1, 0.15) is 0 Å². The van der Waals surface area contributed by atoms with Crippen LogP contribution in [0.4, 0.5) is 0 Å². The lowest BCUT2D eigenvalue weighted by atomic mass is 10.0. The smallest absolute Gasteiger partial charge is 0.221 e. The van der Waals surface area contributed by atoms with Gasteiger partial charge in [-0.15, -0.1) is 0 Å². The number of aryl methyl sites for hydroxylation is 1. The molecule has 0 aliphatic heterocycles. The number of nitrogens with two attached hydrogens (primary N) is 1. The fourth-order valence-electron chi connectivity index (χ4n) is 3.80. The zero-order chi connectivity index (χ0) is 21.7. The summed E-state index contributed by atoms with van der Waals surface area (Å²) in [5, 5.41) is 1.10. The Bertz CT molecular complexity index is 1110. The largest absolute Gasteiger partial charge is 0.369 e. The van der Waals surface area contributed by atoms with Gasteiger partial charge in [-0.05, 0) is 69.4 Å². The number of rotatable bonds is 8.